The summed E-state index contributed by atoms with van der Waals surface area (Å²) in [6.45, 7) is 0.802. The first-order valence-corrected chi connectivity index (χ1v) is 31.9. The molecule has 452 valence electrons. The van der Waals surface area contributed by atoms with Crippen LogP contribution in [0.2, 0.25) is 15.1 Å². The molecule has 7 aromatic carbocycles. The van der Waals surface area contributed by atoms with Crippen LogP contribution in [0, 0.1) is 5.92 Å². The van der Waals surface area contributed by atoms with Gasteiger partial charge in [-0.15, -0.1) is 0 Å². The van der Waals surface area contributed by atoms with Gasteiger partial charge < -0.3 is 63.0 Å². The highest BCUT2D eigenvalue weighted by molar-refractivity contribution is 9.12. The number of phenols is 4. The van der Waals surface area contributed by atoms with Crippen molar-refractivity contribution in [1.82, 2.24) is 10.6 Å². The second kappa shape index (κ2) is 34.2. The Balaban J connectivity index is 0.000000208. The van der Waals surface area contributed by atoms with Crippen LogP contribution in [0.25, 0.3) is 0 Å². The van der Waals surface area contributed by atoms with Gasteiger partial charge in [-0.05, 0) is 255 Å². The van der Waals surface area contributed by atoms with Gasteiger partial charge in [0.25, 0.3) is 0 Å². The molecule has 16 nitrogen and oxygen atoms in total. The Morgan fingerprint density at radius 3 is 1.08 bits per heavy atom. The Morgan fingerprint density at radius 2 is 0.729 bits per heavy atom. The molecule has 85 heavy (non-hydrogen) atoms. The third-order valence-corrected chi connectivity index (χ3v) is 16.9. The van der Waals surface area contributed by atoms with Gasteiger partial charge in [0.1, 0.15) is 23.0 Å². The summed E-state index contributed by atoms with van der Waals surface area (Å²) < 4.78 is 41.1. The number of hydrogen-bond donors (Lipinski definition) is 12. The number of carbonyl (C=O) groups is 4. The maximum Gasteiger partial charge on any atom is 0.416 e. The van der Waals surface area contributed by atoms with E-state index in [0.29, 0.717) is 96.5 Å². The molecule has 12 N–H and O–H groups in total. The molecule has 0 radical (unpaired) electrons. The van der Waals surface area contributed by atoms with Gasteiger partial charge in [-0.25, -0.2) is 19.2 Å². The van der Waals surface area contributed by atoms with E-state index in [4.69, 9.17) is 34.8 Å². The van der Waals surface area contributed by atoms with Crippen molar-refractivity contribution in [3.63, 3.8) is 0 Å². The summed E-state index contributed by atoms with van der Waals surface area (Å²) in [5.74, 6) is 0.868. The molecule has 8 rings (SSSR count). The highest BCUT2D eigenvalue weighted by atomic mass is 79.9. The lowest BCUT2D eigenvalue weighted by atomic mass is 9.89. The van der Waals surface area contributed by atoms with Gasteiger partial charge in [0.2, 0.25) is 0 Å². The molecule has 0 saturated heterocycles. The smallest absolute Gasteiger partial charge is 0.416 e. The summed E-state index contributed by atoms with van der Waals surface area (Å²) in [6, 6.07) is 27.1. The van der Waals surface area contributed by atoms with Crippen molar-refractivity contribution in [3.05, 3.63) is 177 Å². The highest BCUT2D eigenvalue weighted by Crippen LogP contribution is 2.39. The number of rotatable bonds is 10. The van der Waals surface area contributed by atoms with Crippen LogP contribution in [0.5, 0.6) is 23.0 Å². The first-order valence-electron chi connectivity index (χ1n) is 24.4. The van der Waals surface area contributed by atoms with E-state index in [0.717, 1.165) is 18.7 Å². The summed E-state index contributed by atoms with van der Waals surface area (Å²) in [5.41, 5.74) is 2.98. The molecule has 0 unspecified atom stereocenters. The quantitative estimate of drug-likeness (QED) is 0.0586. The van der Waals surface area contributed by atoms with Gasteiger partial charge in [-0.3, -0.25) is 0 Å². The maximum atomic E-state index is 12.5. The second-order valence-electron chi connectivity index (χ2n) is 17.8. The average Bonchev–Trinajstić information content (AvgIpc) is 3.45. The topological polar surface area (TPSA) is 245 Å². The number of halogens is 14. The Kier molecular flexibility index (Phi) is 28.6. The molecule has 30 heteroatoms. The molecular formula is C55H46Br8Cl3F3N8O8. The van der Waals surface area contributed by atoms with Crippen molar-refractivity contribution in [2.75, 3.05) is 38.4 Å². The predicted molar refractivity (Wildman–Crippen MR) is 358 cm³/mol. The lowest BCUT2D eigenvalue weighted by molar-refractivity contribution is -0.137. The fourth-order valence-electron chi connectivity index (χ4n) is 7.27. The molecule has 1 fully saturated rings. The zero-order chi connectivity index (χ0) is 62.7. The third kappa shape index (κ3) is 24.4. The van der Waals surface area contributed by atoms with Crippen molar-refractivity contribution >= 4 is 220 Å². The number of anilines is 6. The first kappa shape index (κ1) is 71.1. The van der Waals surface area contributed by atoms with Gasteiger partial charge in [0.05, 0.1) is 41.3 Å². The predicted octanol–water partition coefficient (Wildman–Crippen LogP) is 21.0. The first-order chi connectivity index (χ1) is 40.0. The van der Waals surface area contributed by atoms with Crippen LogP contribution in [0.15, 0.2) is 151 Å². The Hall–Kier alpha value is -4.68. The molecule has 1 aliphatic rings. The summed E-state index contributed by atoms with van der Waals surface area (Å²) in [6.07, 6.45) is 1.88. The number of phenolic OH excluding ortho intramolecular Hbond substituents is 4. The van der Waals surface area contributed by atoms with Crippen LogP contribution in [0.4, 0.5) is 66.5 Å². The summed E-state index contributed by atoms with van der Waals surface area (Å²) in [5, 5.41) is 61.2. The van der Waals surface area contributed by atoms with E-state index in [-0.39, 0.29) is 35.6 Å². The number of hydrogen-bond acceptors (Lipinski definition) is 8. The van der Waals surface area contributed by atoms with E-state index in [9.17, 15) is 52.8 Å². The molecule has 0 heterocycles. The van der Waals surface area contributed by atoms with Crippen LogP contribution in [-0.2, 0) is 12.7 Å². The second-order valence-corrected chi connectivity index (χ2v) is 26.0. The fourth-order valence-corrected chi connectivity index (χ4v) is 12.7. The minimum atomic E-state index is -4.39. The van der Waals surface area contributed by atoms with Crippen LogP contribution in [-0.4, -0.2) is 51.1 Å². The molecule has 8 amide bonds. The molecule has 0 aliphatic heterocycles. The van der Waals surface area contributed by atoms with Crippen LogP contribution < -0.4 is 42.5 Å². The molecule has 0 spiro atoms. The normalized spacial score (nSPS) is 11.8. The van der Waals surface area contributed by atoms with Gasteiger partial charge in [0, 0.05) is 62.3 Å². The number of nitrogens with one attached hydrogen (secondary N) is 8. The molecule has 0 bridgehead atoms. The zero-order valence-electron chi connectivity index (χ0n) is 43.2. The number of aromatic hydroxyl groups is 4. The van der Waals surface area contributed by atoms with E-state index in [1.54, 1.807) is 78.9 Å². The van der Waals surface area contributed by atoms with E-state index in [1.165, 1.54) is 56.4 Å². The van der Waals surface area contributed by atoms with Crippen molar-refractivity contribution in [2.45, 2.75) is 44.8 Å². The van der Waals surface area contributed by atoms with Gasteiger partial charge >= 0.3 is 30.3 Å². The summed E-state index contributed by atoms with van der Waals surface area (Å²) in [4.78, 5) is 47.4. The summed E-state index contributed by atoms with van der Waals surface area (Å²) in [7, 11) is 0. The molecular weight excluding hydrogens is 1700 g/mol. The number of urea groups is 4. The van der Waals surface area contributed by atoms with E-state index >= 15 is 0 Å². The summed E-state index contributed by atoms with van der Waals surface area (Å²) >= 11 is 43.0. The zero-order valence-corrected chi connectivity index (χ0v) is 58.2. The number of amides is 8. The van der Waals surface area contributed by atoms with Crippen molar-refractivity contribution in [2.24, 2.45) is 5.92 Å². The van der Waals surface area contributed by atoms with E-state index in [1.807, 2.05) is 0 Å². The Bertz CT molecular complexity index is 3400. The minimum Gasteiger partial charge on any atom is -0.506 e. The minimum absolute atomic E-state index is 0.00529. The van der Waals surface area contributed by atoms with Crippen molar-refractivity contribution < 1.29 is 52.8 Å². The number of alkyl halides is 3. The SMILES string of the molecule is O=C(NCC1CCCCC1)Nc1cc(Br)c(O)c(Br)c1.O=C(NCc1ccc(C(F)(F)F)cc1)Nc1cc(Br)c(O)c(Br)c1.O=C(Nc1cc(Cl)cc(Cl)c1)Nc1cc(Br)c(O)c(Br)c1.O=C(Nc1ccc(Cl)cc1)Nc1cc(Br)c(O)c(Br)c1. The number of carbonyl (C=O) groups excluding carboxylic acids is 4. The monoisotopic (exact) mass is 1740 g/mol. The van der Waals surface area contributed by atoms with E-state index < -0.39 is 29.8 Å². The Morgan fingerprint density at radius 1 is 0.412 bits per heavy atom. The standard InChI is InChI=1S/C15H11Br2F3N2O2.C14H18Br2N2O2.C13H8Br2Cl2N2O2.C13H9Br2ClN2O2/c16-11-5-10(6-12(17)13(11)23)22-14(24)21-7-8-1-3-9(4-2-8)15(18,19)20;15-11-6-10(7-12(16)13(11)19)18-14(20)17-8-9-4-2-1-3-5-9;14-10-4-9(5-11(15)12(10)20)19-13(21)18-8-2-6(16)1-7(17)3-8;14-10-5-9(6-11(15)12(10)19)18-13(20)17-8-3-1-7(16)2-4-8/h1-6,23H,7H2,(H2,21,22,24);6-7,9,19H,1-5,8H2,(H2,17,18,20);1-5,20H,(H2,18,19,21);1-6,19H,(H2,17,18,20). The van der Waals surface area contributed by atoms with Crippen LogP contribution in [0.3, 0.4) is 0 Å². The van der Waals surface area contributed by atoms with Crippen molar-refractivity contribution in [3.8, 4) is 23.0 Å². The lowest BCUT2D eigenvalue weighted by Gasteiger charge is -2.21. The third-order valence-electron chi connectivity index (χ3n) is 11.3. The molecule has 0 atom stereocenters. The van der Waals surface area contributed by atoms with Gasteiger partial charge in [0.15, 0.2) is 0 Å². The van der Waals surface area contributed by atoms with Crippen LogP contribution >= 0.6 is 162 Å². The van der Waals surface area contributed by atoms with Crippen molar-refractivity contribution in [1.29, 1.82) is 0 Å². The molecule has 0 aromatic heterocycles. The highest BCUT2D eigenvalue weighted by Gasteiger charge is 2.30. The molecule has 1 saturated carbocycles. The van der Waals surface area contributed by atoms with Gasteiger partial charge in [-0.1, -0.05) is 66.2 Å². The molecule has 1 aliphatic carbocycles. The largest absolute Gasteiger partial charge is 0.506 e. The van der Waals surface area contributed by atoms with Crippen LogP contribution in [0.1, 0.15) is 43.2 Å². The maximum absolute atomic E-state index is 12.5. The molecule has 7 aromatic rings. The fraction of sp³-hybridized carbons (Fsp3) is 0.164. The lowest BCUT2D eigenvalue weighted by Crippen LogP contribution is -2.33. The van der Waals surface area contributed by atoms with E-state index in [2.05, 4.69) is 170 Å². The number of benzene rings is 7. The average molecular weight is 1750 g/mol. The van der Waals surface area contributed by atoms with Gasteiger partial charge in [-0.2, -0.15) is 13.2 Å². The Labute approximate surface area is 567 Å².